The molecule has 2 amide bonds. The third-order valence-electron chi connectivity index (χ3n) is 5.19. The lowest BCUT2D eigenvalue weighted by Crippen LogP contribution is -2.70. The highest BCUT2D eigenvalue weighted by Crippen LogP contribution is 2.40. The van der Waals surface area contributed by atoms with Crippen LogP contribution in [0.4, 0.5) is 5.69 Å². The van der Waals surface area contributed by atoms with E-state index in [1.165, 1.54) is 40.9 Å². The predicted molar refractivity (Wildman–Crippen MR) is 116 cm³/mol. The normalized spacial score (nSPS) is 19.7. The van der Waals surface area contributed by atoms with Gasteiger partial charge in [0, 0.05) is 23.4 Å². The van der Waals surface area contributed by atoms with Gasteiger partial charge in [-0.3, -0.25) is 24.6 Å². The van der Waals surface area contributed by atoms with Gasteiger partial charge in [-0.1, -0.05) is 18.2 Å². The van der Waals surface area contributed by atoms with Gasteiger partial charge >= 0.3 is 5.97 Å². The van der Waals surface area contributed by atoms with Gasteiger partial charge in [-0.15, -0.1) is 11.8 Å². The van der Waals surface area contributed by atoms with Gasteiger partial charge in [0.1, 0.15) is 23.7 Å². The van der Waals surface area contributed by atoms with Gasteiger partial charge in [-0.25, -0.2) is 4.79 Å². The number of benzene rings is 2. The van der Waals surface area contributed by atoms with Crippen LogP contribution in [0.3, 0.4) is 0 Å². The zero-order valence-electron chi connectivity index (χ0n) is 17.0. The molecule has 32 heavy (non-hydrogen) atoms. The second kappa shape index (κ2) is 8.83. The first-order chi connectivity index (χ1) is 15.4. The van der Waals surface area contributed by atoms with Gasteiger partial charge in [-0.05, 0) is 42.3 Å². The van der Waals surface area contributed by atoms with E-state index in [4.69, 9.17) is 4.74 Å². The number of carbonyl (C=O) groups is 3. The Labute approximate surface area is 187 Å². The maximum absolute atomic E-state index is 12.8. The van der Waals surface area contributed by atoms with Crippen LogP contribution in [0.5, 0.6) is 0 Å². The minimum absolute atomic E-state index is 0.0551. The van der Waals surface area contributed by atoms with E-state index >= 15 is 0 Å². The van der Waals surface area contributed by atoms with Crippen molar-refractivity contribution in [2.24, 2.45) is 0 Å². The summed E-state index contributed by atoms with van der Waals surface area (Å²) in [5.74, 6) is -0.841. The van der Waals surface area contributed by atoms with Crippen molar-refractivity contribution in [3.05, 3.63) is 87.1 Å². The molecule has 2 aromatic rings. The molecule has 1 saturated heterocycles. The lowest BCUT2D eigenvalue weighted by Gasteiger charge is -2.49. The molecular formula is C22H19N3O6S. The van der Waals surface area contributed by atoms with Crippen LogP contribution in [0.1, 0.15) is 22.8 Å². The summed E-state index contributed by atoms with van der Waals surface area (Å²) in [4.78, 5) is 49.6. The minimum Gasteiger partial charge on any atom is -0.456 e. The first-order valence-corrected chi connectivity index (χ1v) is 10.8. The minimum atomic E-state index is -0.724. The quantitative estimate of drug-likeness (QED) is 0.309. The lowest BCUT2D eigenvalue weighted by atomic mass is 10.0. The Balaban J connectivity index is 1.41. The number of β-lactam (4-membered cyclic amide) rings is 1. The van der Waals surface area contributed by atoms with Crippen molar-refractivity contribution in [1.82, 2.24) is 10.2 Å². The number of amides is 2. The van der Waals surface area contributed by atoms with Crippen LogP contribution < -0.4 is 5.32 Å². The number of nitrogens with zero attached hydrogens (tertiary/aromatic N) is 2. The van der Waals surface area contributed by atoms with Gasteiger partial charge in [0.15, 0.2) is 0 Å². The van der Waals surface area contributed by atoms with E-state index in [2.05, 4.69) is 5.32 Å². The summed E-state index contributed by atoms with van der Waals surface area (Å²) in [6.07, 6.45) is 0. The summed E-state index contributed by atoms with van der Waals surface area (Å²) in [5, 5.41) is 13.1. The van der Waals surface area contributed by atoms with E-state index in [0.717, 1.165) is 0 Å². The predicted octanol–water partition coefficient (Wildman–Crippen LogP) is 2.63. The van der Waals surface area contributed by atoms with E-state index < -0.39 is 16.9 Å². The molecule has 164 valence electrons. The number of non-ortho nitro benzene ring substituents is 1. The lowest BCUT2D eigenvalue weighted by molar-refractivity contribution is -0.384. The Hall–Kier alpha value is -3.66. The second-order valence-electron chi connectivity index (χ2n) is 7.36. The number of thioether (sulfide) groups is 1. The molecular weight excluding hydrogens is 434 g/mol. The fourth-order valence-electron chi connectivity index (χ4n) is 3.51. The number of nitrogens with one attached hydrogen (secondary N) is 1. The van der Waals surface area contributed by atoms with Crippen molar-refractivity contribution < 1.29 is 24.0 Å². The molecule has 2 aliphatic heterocycles. The van der Waals surface area contributed by atoms with Crippen molar-refractivity contribution in [2.45, 2.75) is 24.9 Å². The molecule has 2 atom stereocenters. The summed E-state index contributed by atoms with van der Waals surface area (Å²) in [5.41, 5.74) is 1.88. The van der Waals surface area contributed by atoms with Crippen molar-refractivity contribution >= 4 is 35.2 Å². The summed E-state index contributed by atoms with van der Waals surface area (Å²) >= 11 is 1.47. The van der Waals surface area contributed by atoms with Crippen LogP contribution in [0.2, 0.25) is 0 Å². The highest BCUT2D eigenvalue weighted by molar-refractivity contribution is 8.00. The average molecular weight is 453 g/mol. The van der Waals surface area contributed by atoms with Gasteiger partial charge in [0.05, 0.1) is 4.92 Å². The molecule has 0 radical (unpaired) electrons. The molecule has 0 saturated carbocycles. The molecule has 1 fully saturated rings. The van der Waals surface area contributed by atoms with Crippen molar-refractivity contribution in [1.29, 1.82) is 0 Å². The average Bonchev–Trinajstić information content (AvgIpc) is 2.81. The van der Waals surface area contributed by atoms with E-state index in [1.54, 1.807) is 37.3 Å². The maximum Gasteiger partial charge on any atom is 0.355 e. The fourth-order valence-corrected chi connectivity index (χ4v) is 4.80. The Morgan fingerprint density at radius 3 is 2.53 bits per heavy atom. The summed E-state index contributed by atoms with van der Waals surface area (Å²) in [7, 11) is 0. The van der Waals surface area contributed by atoms with Crippen LogP contribution in [0, 0.1) is 10.1 Å². The van der Waals surface area contributed by atoms with E-state index in [0.29, 0.717) is 22.5 Å². The van der Waals surface area contributed by atoms with Gasteiger partial charge in [0.2, 0.25) is 0 Å². The van der Waals surface area contributed by atoms with Crippen molar-refractivity contribution in [3.63, 3.8) is 0 Å². The molecule has 2 heterocycles. The van der Waals surface area contributed by atoms with Gasteiger partial charge in [-0.2, -0.15) is 0 Å². The topological polar surface area (TPSA) is 119 Å². The number of ether oxygens (including phenoxy) is 1. The fraction of sp³-hybridized carbons (Fsp3) is 0.227. The molecule has 0 aromatic heterocycles. The molecule has 9 nitrogen and oxygen atoms in total. The van der Waals surface area contributed by atoms with Gasteiger partial charge < -0.3 is 10.1 Å². The highest BCUT2D eigenvalue weighted by atomic mass is 32.2. The summed E-state index contributed by atoms with van der Waals surface area (Å²) in [6, 6.07) is 13.6. The molecule has 0 aliphatic carbocycles. The largest absolute Gasteiger partial charge is 0.456 e. The second-order valence-corrected chi connectivity index (χ2v) is 8.46. The first kappa shape index (κ1) is 21.6. The zero-order chi connectivity index (χ0) is 22.8. The number of rotatable bonds is 6. The monoisotopic (exact) mass is 453 g/mol. The number of carbonyl (C=O) groups excluding carboxylic acids is 3. The standard InChI is InChI=1S/C22H19N3O6S/c1-13-12-32-21-17(23-19(26)15-5-3-2-4-6-15)20(27)24(21)18(13)22(28)31-11-14-7-9-16(10-8-14)25(29)30/h2-10,17,21H,11-12H2,1H3,(H,23,26)/t17?,21-/m0/s1. The Morgan fingerprint density at radius 1 is 1.19 bits per heavy atom. The molecule has 1 N–H and O–H groups in total. The SMILES string of the molecule is CC1=C(C(=O)OCc2ccc([N+](=O)[O-])cc2)N2C(=O)C(NC(=O)c3ccccc3)[C@@H]2SC1. The van der Waals surface area contributed by atoms with Crippen LogP contribution in [-0.2, 0) is 20.9 Å². The molecule has 4 rings (SSSR count). The number of nitro benzene ring substituents is 1. The van der Waals surface area contributed by atoms with Crippen LogP contribution >= 0.6 is 11.8 Å². The molecule has 0 spiro atoms. The summed E-state index contributed by atoms with van der Waals surface area (Å²) in [6.45, 7) is 1.68. The number of esters is 1. The van der Waals surface area contributed by atoms with Crippen LogP contribution in [0.25, 0.3) is 0 Å². The number of hydrogen-bond acceptors (Lipinski definition) is 7. The molecule has 0 bridgehead atoms. The molecule has 1 unspecified atom stereocenters. The Kier molecular flexibility index (Phi) is 5.95. The zero-order valence-corrected chi connectivity index (χ0v) is 17.8. The third kappa shape index (κ3) is 4.09. The maximum atomic E-state index is 12.8. The van der Waals surface area contributed by atoms with E-state index in [1.807, 2.05) is 0 Å². The Bertz CT molecular complexity index is 1120. The molecule has 2 aromatic carbocycles. The Morgan fingerprint density at radius 2 is 1.88 bits per heavy atom. The third-order valence-corrected chi connectivity index (χ3v) is 6.62. The summed E-state index contributed by atoms with van der Waals surface area (Å²) < 4.78 is 5.37. The van der Waals surface area contributed by atoms with Crippen molar-refractivity contribution in [3.8, 4) is 0 Å². The number of nitro groups is 1. The van der Waals surface area contributed by atoms with E-state index in [-0.39, 0.29) is 35.2 Å². The van der Waals surface area contributed by atoms with Crippen LogP contribution in [-0.4, -0.2) is 44.8 Å². The molecule has 10 heteroatoms. The molecule has 2 aliphatic rings. The van der Waals surface area contributed by atoms with Crippen LogP contribution in [0.15, 0.2) is 65.9 Å². The highest BCUT2D eigenvalue weighted by Gasteiger charge is 2.54. The van der Waals surface area contributed by atoms with Gasteiger partial charge in [0.25, 0.3) is 17.5 Å². The smallest absolute Gasteiger partial charge is 0.355 e. The van der Waals surface area contributed by atoms with Crippen molar-refractivity contribution in [2.75, 3.05) is 5.75 Å². The number of fused-ring (bicyclic) bond motifs is 1. The number of hydrogen-bond donors (Lipinski definition) is 1. The van der Waals surface area contributed by atoms with E-state index in [9.17, 15) is 24.5 Å². The first-order valence-electron chi connectivity index (χ1n) is 9.77.